The zero-order chi connectivity index (χ0) is 19.4. The third-order valence-corrected chi connectivity index (χ3v) is 4.67. The first-order chi connectivity index (χ1) is 12.9. The number of anilines is 1. The van der Waals surface area contributed by atoms with E-state index in [0.717, 1.165) is 5.56 Å². The molecule has 2 aromatic rings. The molecule has 6 nitrogen and oxygen atoms in total. The van der Waals surface area contributed by atoms with Gasteiger partial charge in [-0.05, 0) is 49.2 Å². The molecule has 2 aromatic carbocycles. The highest BCUT2D eigenvalue weighted by Crippen LogP contribution is 2.19. The van der Waals surface area contributed by atoms with Crippen LogP contribution in [0.2, 0.25) is 5.02 Å². The topological polar surface area (TPSA) is 78.5 Å². The highest BCUT2D eigenvalue weighted by atomic mass is 35.5. The van der Waals surface area contributed by atoms with Gasteiger partial charge in [0.1, 0.15) is 0 Å². The summed E-state index contributed by atoms with van der Waals surface area (Å²) in [7, 11) is 0. The number of carbonyl (C=O) groups is 3. The molecule has 0 unspecified atom stereocenters. The number of nitrogens with one attached hydrogen (secondary N) is 2. The minimum absolute atomic E-state index is 0.0972. The van der Waals surface area contributed by atoms with E-state index in [0.29, 0.717) is 22.7 Å². The fraction of sp³-hybridized carbons (Fsp3) is 0.250. The fourth-order valence-corrected chi connectivity index (χ4v) is 3.11. The van der Waals surface area contributed by atoms with Crippen molar-refractivity contribution in [3.05, 3.63) is 64.7 Å². The second-order valence-electron chi connectivity index (χ2n) is 6.48. The van der Waals surface area contributed by atoms with E-state index in [2.05, 4.69) is 10.7 Å². The fourth-order valence-electron chi connectivity index (χ4n) is 2.90. The van der Waals surface area contributed by atoms with Crippen molar-refractivity contribution in [3.63, 3.8) is 0 Å². The molecule has 7 heteroatoms. The summed E-state index contributed by atoms with van der Waals surface area (Å²) in [4.78, 5) is 35.9. The van der Waals surface area contributed by atoms with E-state index in [-0.39, 0.29) is 36.6 Å². The van der Waals surface area contributed by atoms with Gasteiger partial charge in [-0.25, -0.2) is 5.01 Å². The normalized spacial score (nSPS) is 15.3. The van der Waals surface area contributed by atoms with Gasteiger partial charge < -0.3 is 5.32 Å². The maximum atomic E-state index is 12.4. The van der Waals surface area contributed by atoms with Crippen molar-refractivity contribution in [2.45, 2.75) is 32.2 Å². The smallest absolute Gasteiger partial charge is 0.251 e. The lowest BCUT2D eigenvalue weighted by molar-refractivity contribution is -0.130. The zero-order valence-electron chi connectivity index (χ0n) is 14.9. The van der Waals surface area contributed by atoms with Gasteiger partial charge >= 0.3 is 0 Å². The number of benzene rings is 2. The van der Waals surface area contributed by atoms with Crippen molar-refractivity contribution in [2.75, 3.05) is 5.01 Å². The van der Waals surface area contributed by atoms with E-state index in [1.54, 1.807) is 24.3 Å². The molecule has 0 aromatic heterocycles. The largest absolute Gasteiger partial charge is 0.349 e. The molecule has 3 rings (SSSR count). The summed E-state index contributed by atoms with van der Waals surface area (Å²) in [5.41, 5.74) is 4.50. The number of nitrogens with zero attached hydrogens (tertiary/aromatic N) is 1. The Hall–Kier alpha value is -2.86. The number of rotatable bonds is 5. The van der Waals surface area contributed by atoms with E-state index in [1.165, 1.54) is 5.01 Å². The van der Waals surface area contributed by atoms with Crippen LogP contribution in [0.15, 0.2) is 48.5 Å². The van der Waals surface area contributed by atoms with Crippen LogP contribution in [0, 0.1) is 0 Å². The number of carbonyl (C=O) groups excluding carboxylic acids is 3. The molecule has 1 atom stereocenters. The molecule has 27 heavy (non-hydrogen) atoms. The average Bonchev–Trinajstić information content (AvgIpc) is 2.65. The van der Waals surface area contributed by atoms with Crippen LogP contribution in [0.25, 0.3) is 0 Å². The van der Waals surface area contributed by atoms with Crippen LogP contribution in [0.3, 0.4) is 0 Å². The first-order valence-corrected chi connectivity index (χ1v) is 9.08. The second kappa shape index (κ2) is 8.22. The van der Waals surface area contributed by atoms with Gasteiger partial charge in [-0.3, -0.25) is 19.8 Å². The van der Waals surface area contributed by atoms with Gasteiger partial charge in [0, 0.05) is 29.5 Å². The molecule has 1 saturated heterocycles. The van der Waals surface area contributed by atoms with E-state index in [9.17, 15) is 14.4 Å². The predicted molar refractivity (Wildman–Crippen MR) is 103 cm³/mol. The molecule has 0 radical (unpaired) electrons. The van der Waals surface area contributed by atoms with E-state index in [4.69, 9.17) is 11.6 Å². The lowest BCUT2D eigenvalue weighted by Gasteiger charge is -2.27. The summed E-state index contributed by atoms with van der Waals surface area (Å²) in [5, 5.41) is 4.83. The quantitative estimate of drug-likeness (QED) is 0.830. The van der Waals surface area contributed by atoms with Crippen LogP contribution in [0.1, 0.15) is 35.7 Å². The van der Waals surface area contributed by atoms with Crippen LogP contribution < -0.4 is 15.8 Å². The number of amides is 3. The lowest BCUT2D eigenvalue weighted by atomic mass is 10.1. The van der Waals surface area contributed by atoms with Gasteiger partial charge in [0.15, 0.2) is 0 Å². The van der Waals surface area contributed by atoms with Crippen LogP contribution in [-0.2, 0) is 16.0 Å². The Kier molecular flexibility index (Phi) is 5.76. The maximum absolute atomic E-state index is 12.4. The van der Waals surface area contributed by atoms with E-state index >= 15 is 0 Å². The molecule has 140 valence electrons. The standard InChI is InChI=1S/C20H20ClN3O3/c1-13(12-15-4-2-3-5-17(15)21)22-20(27)14-6-8-16(9-7-14)24-19(26)11-10-18(25)23-24/h2-9,13H,10-12H2,1H3,(H,22,27)(H,23,25)/t13-/m1/s1. The average molecular weight is 386 g/mol. The van der Waals surface area contributed by atoms with Crippen LogP contribution in [0.5, 0.6) is 0 Å². The van der Waals surface area contributed by atoms with Crippen molar-refractivity contribution < 1.29 is 14.4 Å². The zero-order valence-corrected chi connectivity index (χ0v) is 15.6. The summed E-state index contributed by atoms with van der Waals surface area (Å²) in [5.74, 6) is -0.597. The maximum Gasteiger partial charge on any atom is 0.251 e. The molecule has 2 N–H and O–H groups in total. The molecule has 1 aliphatic heterocycles. The number of hydrogen-bond donors (Lipinski definition) is 2. The summed E-state index contributed by atoms with van der Waals surface area (Å²) in [6.07, 6.45) is 0.991. The molecule has 0 aliphatic carbocycles. The molecule has 1 heterocycles. The van der Waals surface area contributed by atoms with E-state index in [1.807, 2.05) is 31.2 Å². The van der Waals surface area contributed by atoms with Gasteiger partial charge in [-0.1, -0.05) is 29.8 Å². The molecule has 1 aliphatic rings. The summed E-state index contributed by atoms with van der Waals surface area (Å²) >= 11 is 6.16. The van der Waals surface area contributed by atoms with Gasteiger partial charge in [-0.2, -0.15) is 0 Å². The Morgan fingerprint density at radius 1 is 1.15 bits per heavy atom. The number of hydrazine groups is 1. The van der Waals surface area contributed by atoms with Gasteiger partial charge in [-0.15, -0.1) is 0 Å². The Bertz CT molecular complexity index is 867. The Balaban J connectivity index is 1.62. The van der Waals surface area contributed by atoms with Crippen LogP contribution >= 0.6 is 11.6 Å². The molecular formula is C20H20ClN3O3. The van der Waals surface area contributed by atoms with Crippen LogP contribution in [-0.4, -0.2) is 23.8 Å². The van der Waals surface area contributed by atoms with Crippen LogP contribution in [0.4, 0.5) is 5.69 Å². The first-order valence-electron chi connectivity index (χ1n) is 8.71. The van der Waals surface area contributed by atoms with Crippen molar-refractivity contribution in [2.24, 2.45) is 0 Å². The molecular weight excluding hydrogens is 366 g/mol. The molecule has 3 amide bonds. The molecule has 0 saturated carbocycles. The summed E-state index contributed by atoms with van der Waals surface area (Å²) in [6, 6.07) is 14.0. The summed E-state index contributed by atoms with van der Waals surface area (Å²) in [6.45, 7) is 1.91. The van der Waals surface area contributed by atoms with Gasteiger partial charge in [0.25, 0.3) is 5.91 Å². The SMILES string of the molecule is C[C@H](Cc1ccccc1Cl)NC(=O)c1ccc(N2NC(=O)CCC2=O)cc1. The van der Waals surface area contributed by atoms with Crippen molar-refractivity contribution in [1.82, 2.24) is 10.7 Å². The molecule has 0 spiro atoms. The Labute approximate surface area is 162 Å². The van der Waals surface area contributed by atoms with Crippen molar-refractivity contribution in [3.8, 4) is 0 Å². The molecule has 0 bridgehead atoms. The minimum Gasteiger partial charge on any atom is -0.349 e. The Morgan fingerprint density at radius 3 is 2.56 bits per heavy atom. The highest BCUT2D eigenvalue weighted by Gasteiger charge is 2.24. The van der Waals surface area contributed by atoms with E-state index < -0.39 is 0 Å². The van der Waals surface area contributed by atoms with Crippen molar-refractivity contribution in [1.29, 1.82) is 0 Å². The summed E-state index contributed by atoms with van der Waals surface area (Å²) < 4.78 is 0. The predicted octanol–water partition coefficient (Wildman–Crippen LogP) is 2.86. The lowest BCUT2D eigenvalue weighted by Crippen LogP contribution is -2.50. The number of hydrogen-bond acceptors (Lipinski definition) is 3. The van der Waals surface area contributed by atoms with Gasteiger partial charge in [0.2, 0.25) is 11.8 Å². The first kappa shape index (κ1) is 18.9. The molecule has 1 fully saturated rings. The monoisotopic (exact) mass is 385 g/mol. The minimum atomic E-state index is -0.213. The van der Waals surface area contributed by atoms with Gasteiger partial charge in [0.05, 0.1) is 5.69 Å². The Morgan fingerprint density at radius 2 is 1.85 bits per heavy atom. The third-order valence-electron chi connectivity index (χ3n) is 4.30. The third kappa shape index (κ3) is 4.65. The highest BCUT2D eigenvalue weighted by molar-refractivity contribution is 6.31. The number of halogens is 1. The van der Waals surface area contributed by atoms with Crippen molar-refractivity contribution >= 4 is 35.0 Å². The second-order valence-corrected chi connectivity index (χ2v) is 6.89.